The summed E-state index contributed by atoms with van der Waals surface area (Å²) >= 11 is 10.2. The van der Waals surface area contributed by atoms with Crippen molar-refractivity contribution in [3.05, 3.63) is 96.8 Å². The van der Waals surface area contributed by atoms with Crippen LogP contribution >= 0.6 is 39.3 Å². The van der Waals surface area contributed by atoms with Crippen LogP contribution in [-0.2, 0) is 16.2 Å². The predicted molar refractivity (Wildman–Crippen MR) is 152 cm³/mol. The van der Waals surface area contributed by atoms with Crippen molar-refractivity contribution in [3.8, 4) is 5.75 Å². The maximum atomic E-state index is 12.9. The standard InChI is InChI=1S/C28H24BrClN2O4S/c1-16-10-17(2)26(18(3)11-16)31-25(33)14-32-27(34)24(37-28(32)35)13-20-6-9-23(22(29)12-20)36-15-19-4-7-21(30)8-5-19/h4-13H,14-15H2,1-3H3,(H,31,33)/b24-13+. The molecule has 1 heterocycles. The number of ether oxygens (including phenoxy) is 1. The Kier molecular flexibility index (Phi) is 8.42. The quantitative estimate of drug-likeness (QED) is 0.289. The van der Waals surface area contributed by atoms with Crippen LogP contribution in [0, 0.1) is 20.8 Å². The Morgan fingerprint density at radius 2 is 1.73 bits per heavy atom. The van der Waals surface area contributed by atoms with Gasteiger partial charge in [0.1, 0.15) is 18.9 Å². The SMILES string of the molecule is Cc1cc(C)c(NC(=O)CN2C(=O)S/C(=C/c3ccc(OCc4ccc(Cl)cc4)c(Br)c3)C2=O)c(C)c1. The lowest BCUT2D eigenvalue weighted by molar-refractivity contribution is -0.127. The smallest absolute Gasteiger partial charge is 0.294 e. The summed E-state index contributed by atoms with van der Waals surface area (Å²) in [6.07, 6.45) is 1.63. The van der Waals surface area contributed by atoms with E-state index in [1.165, 1.54) is 0 Å². The van der Waals surface area contributed by atoms with Gasteiger partial charge in [-0.3, -0.25) is 19.3 Å². The van der Waals surface area contributed by atoms with Gasteiger partial charge in [-0.15, -0.1) is 0 Å². The van der Waals surface area contributed by atoms with Crippen molar-refractivity contribution in [1.29, 1.82) is 0 Å². The summed E-state index contributed by atoms with van der Waals surface area (Å²) in [6.45, 7) is 5.82. The second kappa shape index (κ2) is 11.5. The molecule has 0 atom stereocenters. The molecule has 1 aliphatic rings. The number of carbonyl (C=O) groups is 3. The van der Waals surface area contributed by atoms with Gasteiger partial charge in [0.25, 0.3) is 11.1 Å². The molecule has 9 heteroatoms. The summed E-state index contributed by atoms with van der Waals surface area (Å²) in [7, 11) is 0. The van der Waals surface area contributed by atoms with Crippen LogP contribution in [0.2, 0.25) is 5.02 Å². The molecule has 3 aromatic carbocycles. The summed E-state index contributed by atoms with van der Waals surface area (Å²) in [5, 5.41) is 3.02. The summed E-state index contributed by atoms with van der Waals surface area (Å²) in [5.41, 5.74) is 5.33. The number of nitrogens with zero attached hydrogens (tertiary/aromatic N) is 1. The third-order valence-electron chi connectivity index (χ3n) is 5.68. The Bertz CT molecular complexity index is 1400. The first-order valence-electron chi connectivity index (χ1n) is 11.4. The van der Waals surface area contributed by atoms with Crippen LogP contribution in [0.25, 0.3) is 6.08 Å². The maximum absolute atomic E-state index is 12.9. The highest BCUT2D eigenvalue weighted by molar-refractivity contribution is 9.10. The third-order valence-corrected chi connectivity index (χ3v) is 7.46. The third kappa shape index (κ3) is 6.63. The average molecular weight is 600 g/mol. The zero-order valence-corrected chi connectivity index (χ0v) is 23.6. The van der Waals surface area contributed by atoms with Gasteiger partial charge < -0.3 is 10.1 Å². The van der Waals surface area contributed by atoms with Gasteiger partial charge in [-0.05, 0) is 101 Å². The van der Waals surface area contributed by atoms with Gasteiger partial charge in [-0.25, -0.2) is 0 Å². The molecule has 190 valence electrons. The number of benzene rings is 3. The van der Waals surface area contributed by atoms with Crippen molar-refractivity contribution in [1.82, 2.24) is 4.90 Å². The summed E-state index contributed by atoms with van der Waals surface area (Å²) in [5.74, 6) is -0.288. The number of imide groups is 1. The van der Waals surface area contributed by atoms with Crippen molar-refractivity contribution < 1.29 is 19.1 Å². The molecule has 1 N–H and O–H groups in total. The van der Waals surface area contributed by atoms with Crippen molar-refractivity contribution in [3.63, 3.8) is 0 Å². The Labute approximate surface area is 233 Å². The van der Waals surface area contributed by atoms with Gasteiger partial charge in [0, 0.05) is 10.7 Å². The molecule has 1 aliphatic heterocycles. The van der Waals surface area contributed by atoms with Gasteiger partial charge in [-0.1, -0.05) is 47.5 Å². The summed E-state index contributed by atoms with van der Waals surface area (Å²) < 4.78 is 6.58. The molecule has 0 aromatic heterocycles. The van der Waals surface area contributed by atoms with E-state index < -0.39 is 17.1 Å². The number of hydrogen-bond acceptors (Lipinski definition) is 5. The molecule has 6 nitrogen and oxygen atoms in total. The minimum Gasteiger partial charge on any atom is -0.488 e. The van der Waals surface area contributed by atoms with Gasteiger partial charge in [0.15, 0.2) is 0 Å². The van der Waals surface area contributed by atoms with E-state index >= 15 is 0 Å². The second-order valence-electron chi connectivity index (χ2n) is 8.69. The monoisotopic (exact) mass is 598 g/mol. The normalized spacial score (nSPS) is 14.4. The minimum absolute atomic E-state index is 0.252. The number of nitrogens with one attached hydrogen (secondary N) is 1. The summed E-state index contributed by atoms with van der Waals surface area (Å²) in [6, 6.07) is 16.7. The zero-order valence-electron chi connectivity index (χ0n) is 20.4. The second-order valence-corrected chi connectivity index (χ2v) is 11.0. The van der Waals surface area contributed by atoms with Crippen LogP contribution in [0.1, 0.15) is 27.8 Å². The van der Waals surface area contributed by atoms with E-state index in [0.29, 0.717) is 33.1 Å². The first-order valence-corrected chi connectivity index (χ1v) is 13.4. The van der Waals surface area contributed by atoms with Crippen LogP contribution in [0.3, 0.4) is 0 Å². The van der Waals surface area contributed by atoms with Gasteiger partial charge in [0.05, 0.1) is 9.38 Å². The highest BCUT2D eigenvalue weighted by Gasteiger charge is 2.36. The molecule has 3 amide bonds. The van der Waals surface area contributed by atoms with Crippen molar-refractivity contribution >= 4 is 68.1 Å². The van der Waals surface area contributed by atoms with E-state index in [1.807, 2.05) is 45.0 Å². The van der Waals surface area contributed by atoms with Crippen molar-refractivity contribution in [2.45, 2.75) is 27.4 Å². The van der Waals surface area contributed by atoms with E-state index in [2.05, 4.69) is 21.2 Å². The molecule has 4 rings (SSSR count). The molecule has 0 spiro atoms. The fourth-order valence-electron chi connectivity index (χ4n) is 3.95. The molecule has 1 fully saturated rings. The van der Waals surface area contributed by atoms with E-state index in [0.717, 1.165) is 38.9 Å². The highest BCUT2D eigenvalue weighted by Crippen LogP contribution is 2.34. The highest BCUT2D eigenvalue weighted by atomic mass is 79.9. The van der Waals surface area contributed by atoms with Crippen LogP contribution in [-0.4, -0.2) is 28.5 Å². The predicted octanol–water partition coefficient (Wildman–Crippen LogP) is 7.28. The van der Waals surface area contributed by atoms with Crippen LogP contribution in [0.4, 0.5) is 10.5 Å². The molecule has 0 aliphatic carbocycles. The Hall–Kier alpha value is -3.07. The summed E-state index contributed by atoms with van der Waals surface area (Å²) in [4.78, 5) is 39.3. The van der Waals surface area contributed by atoms with Gasteiger partial charge in [0.2, 0.25) is 5.91 Å². The van der Waals surface area contributed by atoms with E-state index in [1.54, 1.807) is 36.4 Å². The minimum atomic E-state index is -0.498. The van der Waals surface area contributed by atoms with E-state index in [4.69, 9.17) is 16.3 Å². The zero-order chi connectivity index (χ0) is 26.7. The largest absolute Gasteiger partial charge is 0.488 e. The van der Waals surface area contributed by atoms with Crippen LogP contribution in [0.15, 0.2) is 64.0 Å². The number of aryl methyl sites for hydroxylation is 3. The molecular weight excluding hydrogens is 576 g/mol. The fourth-order valence-corrected chi connectivity index (χ4v) is 5.43. The Morgan fingerprint density at radius 1 is 1.05 bits per heavy atom. The number of anilines is 1. The van der Waals surface area contributed by atoms with Gasteiger partial charge >= 0.3 is 0 Å². The number of halogens is 2. The van der Waals surface area contributed by atoms with E-state index in [9.17, 15) is 14.4 Å². The number of hydrogen-bond donors (Lipinski definition) is 1. The lowest BCUT2D eigenvalue weighted by Crippen LogP contribution is -2.36. The topological polar surface area (TPSA) is 75.7 Å². The lowest BCUT2D eigenvalue weighted by atomic mass is 10.1. The number of carbonyl (C=O) groups excluding carboxylic acids is 3. The number of thioether (sulfide) groups is 1. The molecule has 3 aromatic rings. The Morgan fingerprint density at radius 3 is 2.38 bits per heavy atom. The van der Waals surface area contributed by atoms with E-state index in [-0.39, 0.29) is 11.4 Å². The molecule has 0 unspecified atom stereocenters. The van der Waals surface area contributed by atoms with Crippen molar-refractivity contribution in [2.75, 3.05) is 11.9 Å². The molecule has 0 bridgehead atoms. The number of rotatable bonds is 7. The van der Waals surface area contributed by atoms with Crippen LogP contribution in [0.5, 0.6) is 5.75 Å². The maximum Gasteiger partial charge on any atom is 0.294 e. The molecule has 0 saturated carbocycles. The average Bonchev–Trinajstić information content (AvgIpc) is 3.09. The lowest BCUT2D eigenvalue weighted by Gasteiger charge is -2.15. The fraction of sp³-hybridized carbons (Fsp3) is 0.179. The Balaban J connectivity index is 1.41. The first kappa shape index (κ1) is 27.0. The first-order chi connectivity index (χ1) is 17.6. The van der Waals surface area contributed by atoms with Crippen molar-refractivity contribution in [2.24, 2.45) is 0 Å². The molecule has 37 heavy (non-hydrogen) atoms. The van der Waals surface area contributed by atoms with Gasteiger partial charge in [-0.2, -0.15) is 0 Å². The molecule has 0 radical (unpaired) electrons. The van der Waals surface area contributed by atoms with Crippen LogP contribution < -0.4 is 10.1 Å². The number of amides is 3. The molecular formula is C28H24BrClN2O4S. The molecule has 1 saturated heterocycles.